The first-order chi connectivity index (χ1) is 11.7. The topological polar surface area (TPSA) is 83.3 Å². The summed E-state index contributed by atoms with van der Waals surface area (Å²) in [6, 6.07) is 9.54. The van der Waals surface area contributed by atoms with E-state index in [1.165, 1.54) is 6.42 Å². The lowest BCUT2D eigenvalue weighted by Crippen LogP contribution is -2.47. The van der Waals surface area contributed by atoms with Crippen LogP contribution in [0.25, 0.3) is 0 Å². The number of nitrogens with one attached hydrogen (secondary N) is 2. The number of carbonyl (C=O) groups is 1. The molecule has 3 rings (SSSR count). The summed E-state index contributed by atoms with van der Waals surface area (Å²) in [7, 11) is 0. The van der Waals surface area contributed by atoms with Gasteiger partial charge in [-0.3, -0.25) is 4.90 Å². The van der Waals surface area contributed by atoms with Crippen LogP contribution in [0.4, 0.5) is 10.5 Å². The Morgan fingerprint density at radius 1 is 1.33 bits per heavy atom. The van der Waals surface area contributed by atoms with Crippen molar-refractivity contribution in [1.29, 1.82) is 0 Å². The summed E-state index contributed by atoms with van der Waals surface area (Å²) in [5, 5.41) is 9.64. The molecule has 2 aromatic rings. The molecule has 1 aromatic carbocycles. The smallest absolute Gasteiger partial charge is 0.319 e. The summed E-state index contributed by atoms with van der Waals surface area (Å²) in [5.74, 6) is 1.28. The molecule has 2 N–H and O–H groups in total. The van der Waals surface area contributed by atoms with Crippen molar-refractivity contribution in [2.45, 2.75) is 38.8 Å². The van der Waals surface area contributed by atoms with Crippen LogP contribution in [0.2, 0.25) is 0 Å². The van der Waals surface area contributed by atoms with Gasteiger partial charge in [0.15, 0.2) is 5.82 Å². The zero-order chi connectivity index (χ0) is 16.8. The van der Waals surface area contributed by atoms with Crippen molar-refractivity contribution in [3.05, 3.63) is 42.0 Å². The van der Waals surface area contributed by atoms with Crippen molar-refractivity contribution in [3.8, 4) is 0 Å². The molecule has 2 heterocycles. The Morgan fingerprint density at radius 2 is 2.17 bits per heavy atom. The second-order valence-corrected chi connectivity index (χ2v) is 6.06. The third-order valence-corrected chi connectivity index (χ3v) is 4.19. The average molecular weight is 329 g/mol. The van der Waals surface area contributed by atoms with Crippen LogP contribution in [0.15, 0.2) is 34.9 Å². The quantitative estimate of drug-likeness (QED) is 0.881. The Kier molecular flexibility index (Phi) is 5.43. The lowest BCUT2D eigenvalue weighted by molar-refractivity contribution is 0.123. The lowest BCUT2D eigenvalue weighted by Gasteiger charge is -2.34. The number of rotatable bonds is 5. The summed E-state index contributed by atoms with van der Waals surface area (Å²) in [4.78, 5) is 18.6. The molecule has 2 amide bonds. The minimum atomic E-state index is -0.180. The fraction of sp³-hybridized carbons (Fsp3) is 0.471. The van der Waals surface area contributed by atoms with Gasteiger partial charge in [0, 0.05) is 18.3 Å². The number of amides is 2. The second-order valence-electron chi connectivity index (χ2n) is 6.06. The zero-order valence-electron chi connectivity index (χ0n) is 13.9. The van der Waals surface area contributed by atoms with E-state index in [0.717, 1.165) is 25.1 Å². The first-order valence-corrected chi connectivity index (χ1v) is 8.34. The van der Waals surface area contributed by atoms with Gasteiger partial charge in [0.1, 0.15) is 0 Å². The third kappa shape index (κ3) is 4.55. The molecule has 0 bridgehead atoms. The maximum atomic E-state index is 12.0. The standard InChI is InChI=1S/C17H23N5O2/c1-13-19-16(24-21-13)12-22-10-6-5-9-15(22)11-18-17(23)20-14-7-3-2-4-8-14/h2-4,7-8,15H,5-6,9-12H2,1H3,(H2,18,20,23). The molecule has 1 unspecified atom stereocenters. The normalized spacial score (nSPS) is 18.3. The molecule has 128 valence electrons. The van der Waals surface area contributed by atoms with Crippen molar-refractivity contribution >= 4 is 11.7 Å². The van der Waals surface area contributed by atoms with Crippen LogP contribution in [0.3, 0.4) is 0 Å². The molecule has 7 heteroatoms. The predicted octanol–water partition coefficient (Wildman–Crippen LogP) is 2.55. The molecule has 0 saturated carbocycles. The molecule has 1 aliphatic rings. The van der Waals surface area contributed by atoms with E-state index in [1.54, 1.807) is 0 Å². The average Bonchev–Trinajstić information content (AvgIpc) is 3.00. The molecular weight excluding hydrogens is 306 g/mol. The number of aromatic nitrogens is 2. The highest BCUT2D eigenvalue weighted by Crippen LogP contribution is 2.18. The molecule has 1 fully saturated rings. The first kappa shape index (κ1) is 16.4. The lowest BCUT2D eigenvalue weighted by atomic mass is 10.0. The monoisotopic (exact) mass is 329 g/mol. The van der Waals surface area contributed by atoms with Crippen LogP contribution in [-0.2, 0) is 6.54 Å². The van der Waals surface area contributed by atoms with Gasteiger partial charge in [0.25, 0.3) is 0 Å². The Balaban J connectivity index is 1.51. The van der Waals surface area contributed by atoms with E-state index in [9.17, 15) is 4.79 Å². The number of likely N-dealkylation sites (tertiary alicyclic amines) is 1. The van der Waals surface area contributed by atoms with Crippen molar-refractivity contribution in [3.63, 3.8) is 0 Å². The van der Waals surface area contributed by atoms with E-state index in [-0.39, 0.29) is 12.1 Å². The van der Waals surface area contributed by atoms with Crippen LogP contribution in [-0.4, -0.2) is 40.2 Å². The number of hydrogen-bond acceptors (Lipinski definition) is 5. The molecule has 1 aliphatic heterocycles. The number of carbonyl (C=O) groups excluding carboxylic acids is 1. The van der Waals surface area contributed by atoms with Gasteiger partial charge in [-0.2, -0.15) is 4.98 Å². The van der Waals surface area contributed by atoms with Gasteiger partial charge in [0.2, 0.25) is 5.89 Å². The minimum absolute atomic E-state index is 0.180. The Morgan fingerprint density at radius 3 is 2.92 bits per heavy atom. The van der Waals surface area contributed by atoms with Crippen molar-refractivity contribution < 1.29 is 9.32 Å². The molecule has 0 radical (unpaired) electrons. The SMILES string of the molecule is Cc1noc(CN2CCCCC2CNC(=O)Nc2ccccc2)n1. The van der Waals surface area contributed by atoms with Gasteiger partial charge < -0.3 is 15.2 Å². The summed E-state index contributed by atoms with van der Waals surface area (Å²) >= 11 is 0. The number of nitrogens with zero attached hydrogens (tertiary/aromatic N) is 3. The molecule has 0 spiro atoms. The van der Waals surface area contributed by atoms with Crippen molar-refractivity contribution in [1.82, 2.24) is 20.4 Å². The highest BCUT2D eigenvalue weighted by atomic mass is 16.5. The summed E-state index contributed by atoms with van der Waals surface area (Å²) in [6.45, 7) is 4.03. The van der Waals surface area contributed by atoms with Gasteiger partial charge in [0.05, 0.1) is 6.54 Å². The van der Waals surface area contributed by atoms with E-state index in [1.807, 2.05) is 37.3 Å². The van der Waals surface area contributed by atoms with Crippen LogP contribution >= 0.6 is 0 Å². The number of aryl methyl sites for hydroxylation is 1. The van der Waals surface area contributed by atoms with Gasteiger partial charge in [-0.15, -0.1) is 0 Å². The molecule has 24 heavy (non-hydrogen) atoms. The zero-order valence-corrected chi connectivity index (χ0v) is 13.9. The predicted molar refractivity (Wildman–Crippen MR) is 90.5 cm³/mol. The number of piperidine rings is 1. The van der Waals surface area contributed by atoms with Gasteiger partial charge in [-0.05, 0) is 38.4 Å². The third-order valence-electron chi connectivity index (χ3n) is 4.19. The van der Waals surface area contributed by atoms with Gasteiger partial charge in [-0.25, -0.2) is 4.79 Å². The molecular formula is C17H23N5O2. The van der Waals surface area contributed by atoms with Gasteiger partial charge in [-0.1, -0.05) is 29.8 Å². The maximum absolute atomic E-state index is 12.0. The van der Waals surface area contributed by atoms with E-state index in [0.29, 0.717) is 24.8 Å². The fourth-order valence-electron chi connectivity index (χ4n) is 2.98. The van der Waals surface area contributed by atoms with Crippen LogP contribution < -0.4 is 10.6 Å². The Bertz CT molecular complexity index is 658. The molecule has 1 atom stereocenters. The van der Waals surface area contributed by atoms with Crippen molar-refractivity contribution in [2.24, 2.45) is 0 Å². The fourth-order valence-corrected chi connectivity index (χ4v) is 2.98. The van der Waals surface area contributed by atoms with E-state index >= 15 is 0 Å². The number of benzene rings is 1. The highest BCUT2D eigenvalue weighted by Gasteiger charge is 2.24. The molecule has 1 saturated heterocycles. The highest BCUT2D eigenvalue weighted by molar-refractivity contribution is 5.89. The van der Waals surface area contributed by atoms with Crippen LogP contribution in [0.5, 0.6) is 0 Å². The van der Waals surface area contributed by atoms with Crippen LogP contribution in [0, 0.1) is 6.92 Å². The largest absolute Gasteiger partial charge is 0.338 e. The summed E-state index contributed by atoms with van der Waals surface area (Å²) in [5.41, 5.74) is 0.789. The number of para-hydroxylation sites is 1. The summed E-state index contributed by atoms with van der Waals surface area (Å²) in [6.07, 6.45) is 3.38. The van der Waals surface area contributed by atoms with Crippen molar-refractivity contribution in [2.75, 3.05) is 18.4 Å². The second kappa shape index (κ2) is 7.92. The minimum Gasteiger partial charge on any atom is -0.338 e. The molecule has 7 nitrogen and oxygen atoms in total. The van der Waals surface area contributed by atoms with E-state index in [2.05, 4.69) is 25.7 Å². The number of hydrogen-bond donors (Lipinski definition) is 2. The maximum Gasteiger partial charge on any atom is 0.319 e. The molecule has 1 aromatic heterocycles. The van der Waals surface area contributed by atoms with Crippen LogP contribution in [0.1, 0.15) is 31.0 Å². The first-order valence-electron chi connectivity index (χ1n) is 8.34. The van der Waals surface area contributed by atoms with E-state index < -0.39 is 0 Å². The summed E-state index contributed by atoms with van der Waals surface area (Å²) < 4.78 is 5.22. The van der Waals surface area contributed by atoms with E-state index in [4.69, 9.17) is 4.52 Å². The Hall–Kier alpha value is -2.41. The number of anilines is 1. The Labute approximate surface area is 141 Å². The van der Waals surface area contributed by atoms with Gasteiger partial charge >= 0.3 is 6.03 Å². The molecule has 0 aliphatic carbocycles. The number of urea groups is 1.